The molecule has 0 bridgehead atoms. The van der Waals surface area contributed by atoms with Gasteiger partial charge in [0.2, 0.25) is 0 Å². The molecule has 2 aromatic heterocycles. The SMILES string of the molecule is CC=CC12C/C1=C\C(C)(C)/C=C\C(=N)C1=Cc3c(n4c5ccccc5c5ccc(C)c3c54)CC12. The fourth-order valence-electron chi connectivity index (χ4n) is 6.96. The Balaban J connectivity index is 1.58. The van der Waals surface area contributed by atoms with Crippen molar-refractivity contribution in [2.45, 2.75) is 40.5 Å². The van der Waals surface area contributed by atoms with E-state index >= 15 is 0 Å². The number of hydrogen-bond acceptors (Lipinski definition) is 1. The maximum Gasteiger partial charge on any atom is 0.0619 e. The van der Waals surface area contributed by atoms with Crippen molar-refractivity contribution in [1.82, 2.24) is 4.40 Å². The van der Waals surface area contributed by atoms with E-state index in [4.69, 9.17) is 5.41 Å². The number of allylic oxidation sites excluding steroid dienone is 7. The Bertz CT molecular complexity index is 1670. The van der Waals surface area contributed by atoms with Crippen molar-refractivity contribution in [1.29, 1.82) is 5.41 Å². The van der Waals surface area contributed by atoms with Gasteiger partial charge in [-0.1, -0.05) is 74.1 Å². The lowest BCUT2D eigenvalue weighted by molar-refractivity contribution is 0.453. The van der Waals surface area contributed by atoms with E-state index in [-0.39, 0.29) is 16.7 Å². The van der Waals surface area contributed by atoms with E-state index in [0.717, 1.165) is 12.8 Å². The van der Waals surface area contributed by atoms with E-state index in [0.29, 0.717) is 5.71 Å². The third-order valence-corrected chi connectivity index (χ3v) is 8.55. The van der Waals surface area contributed by atoms with Crippen LogP contribution in [0.3, 0.4) is 0 Å². The van der Waals surface area contributed by atoms with Gasteiger partial charge in [-0.3, -0.25) is 0 Å². The largest absolute Gasteiger partial charge is 0.312 e. The summed E-state index contributed by atoms with van der Waals surface area (Å²) in [5.41, 5.74) is 10.1. The van der Waals surface area contributed by atoms with Gasteiger partial charge in [-0.2, -0.15) is 0 Å². The van der Waals surface area contributed by atoms with E-state index in [1.807, 2.05) is 6.08 Å². The first kappa shape index (κ1) is 20.0. The van der Waals surface area contributed by atoms with Crippen molar-refractivity contribution in [2.75, 3.05) is 0 Å². The van der Waals surface area contributed by atoms with Crippen LogP contribution >= 0.6 is 0 Å². The van der Waals surface area contributed by atoms with E-state index in [2.05, 4.69) is 98.9 Å². The number of para-hydroxylation sites is 1. The lowest BCUT2D eigenvalue weighted by Gasteiger charge is -2.31. The molecule has 0 radical (unpaired) electrons. The van der Waals surface area contributed by atoms with E-state index in [1.165, 1.54) is 55.2 Å². The van der Waals surface area contributed by atoms with Crippen LogP contribution in [-0.4, -0.2) is 10.1 Å². The van der Waals surface area contributed by atoms with Gasteiger partial charge in [0.25, 0.3) is 0 Å². The zero-order valence-corrected chi connectivity index (χ0v) is 20.4. The van der Waals surface area contributed by atoms with E-state index in [1.54, 1.807) is 0 Å². The number of rotatable bonds is 1. The molecule has 168 valence electrons. The molecule has 0 saturated heterocycles. The molecule has 2 aromatic carbocycles. The minimum Gasteiger partial charge on any atom is -0.312 e. The number of nitrogens with one attached hydrogen (secondary N) is 1. The minimum atomic E-state index is -0.0405. The lowest BCUT2D eigenvalue weighted by Crippen LogP contribution is -2.26. The van der Waals surface area contributed by atoms with Crippen LogP contribution in [0.1, 0.15) is 44.0 Å². The average Bonchev–Trinajstić information content (AvgIpc) is 3.21. The molecule has 1 N–H and O–H groups in total. The third kappa shape index (κ3) is 2.44. The number of hydrogen-bond donors (Lipinski definition) is 1. The summed E-state index contributed by atoms with van der Waals surface area (Å²) in [4.78, 5) is 0. The molecular weight excluding hydrogens is 412 g/mol. The monoisotopic (exact) mass is 442 g/mol. The van der Waals surface area contributed by atoms with Crippen molar-refractivity contribution in [3.8, 4) is 0 Å². The normalized spacial score (nSPS) is 28.1. The quantitative estimate of drug-likeness (QED) is 0.289. The van der Waals surface area contributed by atoms with Crippen LogP contribution in [0.2, 0.25) is 0 Å². The van der Waals surface area contributed by atoms with Crippen molar-refractivity contribution in [2.24, 2.45) is 16.7 Å². The first-order chi connectivity index (χ1) is 16.3. The van der Waals surface area contributed by atoms with Gasteiger partial charge in [-0.25, -0.2) is 0 Å². The highest BCUT2D eigenvalue weighted by molar-refractivity contribution is 6.19. The maximum atomic E-state index is 9.13. The molecule has 4 aromatic rings. The Labute approximate surface area is 200 Å². The summed E-state index contributed by atoms with van der Waals surface area (Å²) in [6.45, 7) is 8.89. The molecule has 0 aliphatic heterocycles. The van der Waals surface area contributed by atoms with Crippen molar-refractivity contribution < 1.29 is 0 Å². The van der Waals surface area contributed by atoms with Gasteiger partial charge in [0.15, 0.2) is 0 Å². The molecule has 3 aliphatic carbocycles. The topological polar surface area (TPSA) is 28.3 Å². The van der Waals surface area contributed by atoms with Crippen LogP contribution in [0.4, 0.5) is 0 Å². The van der Waals surface area contributed by atoms with E-state index in [9.17, 15) is 0 Å². The van der Waals surface area contributed by atoms with Gasteiger partial charge in [-0.05, 0) is 56.0 Å². The standard InChI is InChI=1S/C32H30N2/c1-5-13-32-18-20(32)17-31(3,4)14-12-26(33)23-15-24-28(16-25(23)32)34-27-9-7-6-8-21(27)22-11-10-19(2)29(24)30(22)34/h5-15,17,25,33H,16,18H2,1-4H3/b13-5?,14-12-,20-17+,33-26?. The van der Waals surface area contributed by atoms with Crippen LogP contribution in [0.25, 0.3) is 33.3 Å². The van der Waals surface area contributed by atoms with Crippen LogP contribution in [0.5, 0.6) is 0 Å². The highest BCUT2D eigenvalue weighted by Crippen LogP contribution is 2.64. The Morgan fingerprint density at radius 3 is 2.74 bits per heavy atom. The minimum absolute atomic E-state index is 0.0284. The van der Waals surface area contributed by atoms with Crippen molar-refractivity contribution >= 4 is 39.0 Å². The second-order valence-electron chi connectivity index (χ2n) is 11.2. The van der Waals surface area contributed by atoms with Crippen LogP contribution in [0, 0.1) is 29.1 Å². The second-order valence-corrected chi connectivity index (χ2v) is 11.2. The number of benzene rings is 2. The average molecular weight is 443 g/mol. The number of aryl methyl sites for hydroxylation is 1. The number of nitrogens with zero attached hydrogens (tertiary/aromatic N) is 1. The highest BCUT2D eigenvalue weighted by atomic mass is 14.9. The zero-order chi connectivity index (χ0) is 23.4. The molecule has 2 nitrogen and oxygen atoms in total. The zero-order valence-electron chi connectivity index (χ0n) is 20.4. The Morgan fingerprint density at radius 2 is 1.91 bits per heavy atom. The van der Waals surface area contributed by atoms with Gasteiger partial charge >= 0.3 is 0 Å². The van der Waals surface area contributed by atoms with Gasteiger partial charge in [0, 0.05) is 44.2 Å². The second kappa shape index (κ2) is 6.39. The highest BCUT2D eigenvalue weighted by Gasteiger charge is 2.55. The van der Waals surface area contributed by atoms with Crippen molar-refractivity contribution in [3.05, 3.63) is 94.7 Å². The fourth-order valence-corrected chi connectivity index (χ4v) is 6.96. The summed E-state index contributed by atoms with van der Waals surface area (Å²) in [7, 11) is 0. The Morgan fingerprint density at radius 1 is 1.09 bits per heavy atom. The number of fused-ring (bicyclic) bond motifs is 9. The smallest absolute Gasteiger partial charge is 0.0619 e. The van der Waals surface area contributed by atoms with Gasteiger partial charge in [-0.15, -0.1) is 0 Å². The molecule has 2 heterocycles. The van der Waals surface area contributed by atoms with Crippen LogP contribution in [0.15, 0.2) is 77.9 Å². The number of aromatic nitrogens is 1. The molecule has 0 spiro atoms. The predicted molar refractivity (Wildman–Crippen MR) is 144 cm³/mol. The summed E-state index contributed by atoms with van der Waals surface area (Å²) in [6, 6.07) is 13.4. The molecule has 2 atom stereocenters. The molecule has 3 aliphatic rings. The summed E-state index contributed by atoms with van der Waals surface area (Å²) in [5, 5.41) is 13.2. The molecule has 1 fully saturated rings. The van der Waals surface area contributed by atoms with Gasteiger partial charge in [0.1, 0.15) is 0 Å². The summed E-state index contributed by atoms with van der Waals surface area (Å²) in [6.07, 6.45) is 15.8. The molecule has 34 heavy (non-hydrogen) atoms. The van der Waals surface area contributed by atoms with E-state index < -0.39 is 0 Å². The van der Waals surface area contributed by atoms with Gasteiger partial charge in [0.05, 0.1) is 16.7 Å². The third-order valence-electron chi connectivity index (χ3n) is 8.55. The van der Waals surface area contributed by atoms with Crippen molar-refractivity contribution in [3.63, 3.8) is 0 Å². The summed E-state index contributed by atoms with van der Waals surface area (Å²) < 4.78 is 2.54. The Hall–Kier alpha value is -3.39. The molecule has 2 heteroatoms. The summed E-state index contributed by atoms with van der Waals surface area (Å²) >= 11 is 0. The van der Waals surface area contributed by atoms with Gasteiger partial charge < -0.3 is 9.81 Å². The molecule has 1 saturated carbocycles. The molecular formula is C32H30N2. The first-order valence-corrected chi connectivity index (χ1v) is 12.5. The summed E-state index contributed by atoms with van der Waals surface area (Å²) in [5.74, 6) is 0.283. The maximum absolute atomic E-state index is 9.13. The molecule has 7 rings (SSSR count). The first-order valence-electron chi connectivity index (χ1n) is 12.5. The fraction of sp³-hybridized carbons (Fsp3) is 0.281. The molecule has 0 amide bonds. The van der Waals surface area contributed by atoms with Crippen LogP contribution < -0.4 is 0 Å². The molecule has 2 unspecified atom stereocenters. The lowest BCUT2D eigenvalue weighted by atomic mass is 9.73. The predicted octanol–water partition coefficient (Wildman–Crippen LogP) is 8.06. The van der Waals surface area contributed by atoms with Crippen LogP contribution in [-0.2, 0) is 6.42 Å². The Kier molecular flexibility index (Phi) is 3.76.